The van der Waals surface area contributed by atoms with Gasteiger partial charge in [-0.1, -0.05) is 18.2 Å². The summed E-state index contributed by atoms with van der Waals surface area (Å²) < 4.78 is 5.65. The van der Waals surface area contributed by atoms with E-state index in [2.05, 4.69) is 20.6 Å². The normalized spacial score (nSPS) is 11.4. The highest BCUT2D eigenvalue weighted by molar-refractivity contribution is 5.94. The van der Waals surface area contributed by atoms with Crippen LogP contribution in [0.5, 0.6) is 5.75 Å². The second kappa shape index (κ2) is 9.05. The van der Waals surface area contributed by atoms with Gasteiger partial charge in [-0.3, -0.25) is 4.79 Å². The number of nitrogens with zero attached hydrogens (tertiary/aromatic N) is 3. The zero-order valence-electron chi connectivity index (χ0n) is 17.0. The van der Waals surface area contributed by atoms with Gasteiger partial charge in [-0.15, -0.1) is 0 Å². The molecular weight excluding hydrogens is 366 g/mol. The monoisotopic (exact) mass is 391 g/mol. The molecule has 3 aromatic rings. The van der Waals surface area contributed by atoms with E-state index >= 15 is 0 Å². The number of amides is 1. The van der Waals surface area contributed by atoms with Gasteiger partial charge in [0.25, 0.3) is 5.91 Å². The summed E-state index contributed by atoms with van der Waals surface area (Å²) in [5.74, 6) is 2.68. The Balaban J connectivity index is 1.61. The number of hydrogen-bond acceptors (Lipinski definition) is 6. The van der Waals surface area contributed by atoms with Gasteiger partial charge >= 0.3 is 0 Å². The zero-order chi connectivity index (χ0) is 20.8. The number of hydrogen-bond donors (Lipinski definition) is 2. The lowest BCUT2D eigenvalue weighted by Gasteiger charge is -2.15. The summed E-state index contributed by atoms with van der Waals surface area (Å²) in [5.41, 5.74) is 1.55. The fourth-order valence-electron chi connectivity index (χ4n) is 2.63. The number of carbonyl (C=O) groups excluding carboxylic acids is 1. The largest absolute Gasteiger partial charge is 0.481 e. The van der Waals surface area contributed by atoms with E-state index in [4.69, 9.17) is 4.74 Å². The minimum atomic E-state index is -0.608. The standard InChI is InChI=1S/C22H25N5O2/c1-15(29-19-8-6-5-7-9-19)22(28)26-18-12-10-17(11-13-18)25-20-14-21(27(3)4)24-16(2)23-20/h5-15H,1-4H3,(H,26,28)(H,23,24,25). The van der Waals surface area contributed by atoms with E-state index in [0.29, 0.717) is 23.1 Å². The molecule has 1 unspecified atom stereocenters. The van der Waals surface area contributed by atoms with Gasteiger partial charge in [0.1, 0.15) is 23.2 Å². The first-order chi connectivity index (χ1) is 13.9. The molecule has 150 valence electrons. The molecule has 0 aliphatic heterocycles. The first-order valence-corrected chi connectivity index (χ1v) is 9.33. The molecule has 2 N–H and O–H groups in total. The number of ether oxygens (including phenoxy) is 1. The number of rotatable bonds is 7. The van der Waals surface area contributed by atoms with Crippen molar-refractivity contribution in [2.45, 2.75) is 20.0 Å². The maximum absolute atomic E-state index is 12.4. The van der Waals surface area contributed by atoms with Crippen LogP contribution in [0.1, 0.15) is 12.7 Å². The summed E-state index contributed by atoms with van der Waals surface area (Å²) in [4.78, 5) is 23.1. The van der Waals surface area contributed by atoms with Crippen LogP contribution in [0.15, 0.2) is 60.7 Å². The average molecular weight is 391 g/mol. The second-order valence-electron chi connectivity index (χ2n) is 6.82. The molecule has 0 aliphatic rings. The van der Waals surface area contributed by atoms with Crippen LogP contribution in [-0.4, -0.2) is 36.1 Å². The van der Waals surface area contributed by atoms with Crippen LogP contribution in [0.2, 0.25) is 0 Å². The molecule has 0 spiro atoms. The van der Waals surface area contributed by atoms with E-state index in [1.165, 1.54) is 0 Å². The van der Waals surface area contributed by atoms with E-state index in [1.807, 2.05) is 86.6 Å². The number of nitrogens with one attached hydrogen (secondary N) is 2. The summed E-state index contributed by atoms with van der Waals surface area (Å²) in [6.45, 7) is 3.58. The number of aromatic nitrogens is 2. The second-order valence-corrected chi connectivity index (χ2v) is 6.82. The SMILES string of the molecule is Cc1nc(Nc2ccc(NC(=O)C(C)Oc3ccccc3)cc2)cc(N(C)C)n1. The lowest BCUT2D eigenvalue weighted by atomic mass is 10.2. The molecule has 7 heteroatoms. The first kappa shape index (κ1) is 20.1. The van der Waals surface area contributed by atoms with Gasteiger partial charge in [-0.05, 0) is 50.2 Å². The number of anilines is 4. The lowest BCUT2D eigenvalue weighted by Crippen LogP contribution is -2.30. The number of benzene rings is 2. The van der Waals surface area contributed by atoms with Crippen molar-refractivity contribution in [1.29, 1.82) is 0 Å². The van der Waals surface area contributed by atoms with Crippen LogP contribution in [-0.2, 0) is 4.79 Å². The van der Waals surface area contributed by atoms with E-state index in [0.717, 1.165) is 11.5 Å². The molecule has 2 aromatic carbocycles. The molecule has 3 rings (SSSR count). The summed E-state index contributed by atoms with van der Waals surface area (Å²) in [6, 6.07) is 18.6. The summed E-state index contributed by atoms with van der Waals surface area (Å²) in [7, 11) is 3.87. The van der Waals surface area contributed by atoms with Gasteiger partial charge < -0.3 is 20.3 Å². The van der Waals surface area contributed by atoms with Gasteiger partial charge in [-0.2, -0.15) is 0 Å². The molecule has 1 aromatic heterocycles. The maximum atomic E-state index is 12.4. The quantitative estimate of drug-likeness (QED) is 0.634. The van der Waals surface area contributed by atoms with Crippen molar-refractivity contribution in [3.8, 4) is 5.75 Å². The zero-order valence-corrected chi connectivity index (χ0v) is 17.0. The molecule has 0 aliphatic carbocycles. The van der Waals surface area contributed by atoms with Crippen LogP contribution < -0.4 is 20.3 Å². The predicted octanol–water partition coefficient (Wildman–Crippen LogP) is 4.00. The average Bonchev–Trinajstić information content (AvgIpc) is 2.69. The summed E-state index contributed by atoms with van der Waals surface area (Å²) in [5, 5.41) is 6.12. The molecule has 0 bridgehead atoms. The summed E-state index contributed by atoms with van der Waals surface area (Å²) in [6.07, 6.45) is -0.608. The predicted molar refractivity (Wildman–Crippen MR) is 116 cm³/mol. The minimum Gasteiger partial charge on any atom is -0.481 e. The molecule has 1 atom stereocenters. The van der Waals surface area contributed by atoms with Crippen molar-refractivity contribution in [2.24, 2.45) is 0 Å². The van der Waals surface area contributed by atoms with Crippen molar-refractivity contribution in [2.75, 3.05) is 29.6 Å². The Hall–Kier alpha value is -3.61. The fourth-order valence-corrected chi connectivity index (χ4v) is 2.63. The number of carbonyl (C=O) groups is 1. The molecule has 1 heterocycles. The van der Waals surface area contributed by atoms with E-state index < -0.39 is 6.10 Å². The first-order valence-electron chi connectivity index (χ1n) is 9.33. The smallest absolute Gasteiger partial charge is 0.265 e. The Morgan fingerprint density at radius 3 is 2.31 bits per heavy atom. The van der Waals surface area contributed by atoms with Crippen LogP contribution in [0, 0.1) is 6.92 Å². The number of para-hydroxylation sites is 1. The van der Waals surface area contributed by atoms with E-state index in [9.17, 15) is 4.79 Å². The third-order valence-corrected chi connectivity index (χ3v) is 4.13. The Bertz CT molecular complexity index is 959. The molecule has 0 saturated heterocycles. The van der Waals surface area contributed by atoms with Crippen molar-refractivity contribution in [3.63, 3.8) is 0 Å². The molecule has 1 amide bonds. The minimum absolute atomic E-state index is 0.211. The van der Waals surface area contributed by atoms with Gasteiger partial charge in [0.05, 0.1) is 0 Å². The van der Waals surface area contributed by atoms with Crippen molar-refractivity contribution >= 4 is 28.9 Å². The third kappa shape index (κ3) is 5.68. The van der Waals surface area contributed by atoms with Crippen LogP contribution in [0.4, 0.5) is 23.0 Å². The van der Waals surface area contributed by atoms with Gasteiger partial charge in [0, 0.05) is 31.5 Å². The fraction of sp³-hybridized carbons (Fsp3) is 0.227. The maximum Gasteiger partial charge on any atom is 0.265 e. The van der Waals surface area contributed by atoms with Gasteiger partial charge in [0.15, 0.2) is 6.10 Å². The third-order valence-electron chi connectivity index (χ3n) is 4.13. The highest BCUT2D eigenvalue weighted by Crippen LogP contribution is 2.21. The van der Waals surface area contributed by atoms with E-state index in [-0.39, 0.29) is 5.91 Å². The highest BCUT2D eigenvalue weighted by atomic mass is 16.5. The Kier molecular flexibility index (Phi) is 6.29. The Morgan fingerprint density at radius 1 is 1.00 bits per heavy atom. The van der Waals surface area contributed by atoms with Crippen molar-refractivity contribution in [3.05, 3.63) is 66.5 Å². The number of aryl methyl sites for hydroxylation is 1. The molecular formula is C22H25N5O2. The van der Waals surface area contributed by atoms with Gasteiger partial charge in [0.2, 0.25) is 0 Å². The molecule has 0 radical (unpaired) electrons. The van der Waals surface area contributed by atoms with Crippen LogP contribution in [0.25, 0.3) is 0 Å². The Morgan fingerprint density at radius 2 is 1.66 bits per heavy atom. The molecule has 7 nitrogen and oxygen atoms in total. The van der Waals surface area contributed by atoms with Crippen LogP contribution >= 0.6 is 0 Å². The molecule has 0 fully saturated rings. The molecule has 29 heavy (non-hydrogen) atoms. The van der Waals surface area contributed by atoms with E-state index in [1.54, 1.807) is 6.92 Å². The van der Waals surface area contributed by atoms with Crippen molar-refractivity contribution < 1.29 is 9.53 Å². The van der Waals surface area contributed by atoms with Crippen molar-refractivity contribution in [1.82, 2.24) is 9.97 Å². The Labute approximate surface area is 170 Å². The van der Waals surface area contributed by atoms with Gasteiger partial charge in [-0.25, -0.2) is 9.97 Å². The molecule has 0 saturated carbocycles. The summed E-state index contributed by atoms with van der Waals surface area (Å²) >= 11 is 0. The van der Waals surface area contributed by atoms with Crippen LogP contribution in [0.3, 0.4) is 0 Å². The lowest BCUT2D eigenvalue weighted by molar-refractivity contribution is -0.122. The highest BCUT2D eigenvalue weighted by Gasteiger charge is 2.14. The topological polar surface area (TPSA) is 79.4 Å².